The lowest BCUT2D eigenvalue weighted by Gasteiger charge is -2.04. The molecule has 5 rings (SSSR count). The SMILES string of the molecule is CCc1ccc2oc(-c3ccc(NC(=O)c4ccc(-c5ccc(Br)cc5)o4)cc3)nc2c1. The second kappa shape index (κ2) is 8.48. The first-order valence-corrected chi connectivity index (χ1v) is 11.1. The van der Waals surface area contributed by atoms with E-state index in [0.29, 0.717) is 17.3 Å². The number of aryl methyl sites for hydroxylation is 1. The molecule has 0 radical (unpaired) electrons. The Morgan fingerprint density at radius 2 is 1.66 bits per heavy atom. The minimum atomic E-state index is -0.310. The van der Waals surface area contributed by atoms with Gasteiger partial charge < -0.3 is 14.2 Å². The molecule has 1 amide bonds. The summed E-state index contributed by atoms with van der Waals surface area (Å²) in [5, 5.41) is 2.86. The molecular formula is C26H19BrN2O3. The minimum absolute atomic E-state index is 0.248. The van der Waals surface area contributed by atoms with E-state index in [4.69, 9.17) is 8.83 Å². The van der Waals surface area contributed by atoms with Crippen molar-refractivity contribution in [2.45, 2.75) is 13.3 Å². The number of nitrogens with zero attached hydrogens (tertiary/aromatic N) is 1. The second-order valence-electron chi connectivity index (χ2n) is 7.38. The molecular weight excluding hydrogens is 468 g/mol. The minimum Gasteiger partial charge on any atom is -0.451 e. The maximum atomic E-state index is 12.6. The zero-order valence-electron chi connectivity index (χ0n) is 17.3. The van der Waals surface area contributed by atoms with Gasteiger partial charge >= 0.3 is 0 Å². The molecule has 0 spiro atoms. The number of amides is 1. The van der Waals surface area contributed by atoms with E-state index < -0.39 is 0 Å². The van der Waals surface area contributed by atoms with Gasteiger partial charge in [0.2, 0.25) is 5.89 Å². The Morgan fingerprint density at radius 3 is 2.41 bits per heavy atom. The van der Waals surface area contributed by atoms with Gasteiger partial charge in [0.15, 0.2) is 11.3 Å². The van der Waals surface area contributed by atoms with Gasteiger partial charge in [-0.3, -0.25) is 4.79 Å². The van der Waals surface area contributed by atoms with Gasteiger partial charge in [0.25, 0.3) is 5.91 Å². The standard InChI is InChI=1S/C26H19BrN2O3/c1-2-16-3-12-23-21(15-16)29-26(32-23)18-6-10-20(11-7-18)28-25(30)24-14-13-22(31-24)17-4-8-19(27)9-5-17/h3-15H,2H2,1H3,(H,28,30). The summed E-state index contributed by atoms with van der Waals surface area (Å²) >= 11 is 3.41. The summed E-state index contributed by atoms with van der Waals surface area (Å²) in [6.45, 7) is 2.11. The van der Waals surface area contributed by atoms with Gasteiger partial charge in [-0.2, -0.15) is 0 Å². The van der Waals surface area contributed by atoms with Crippen LogP contribution in [0, 0.1) is 0 Å². The molecule has 2 heterocycles. The van der Waals surface area contributed by atoms with Crippen molar-refractivity contribution in [2.75, 3.05) is 5.32 Å². The summed E-state index contributed by atoms with van der Waals surface area (Å²) < 4.78 is 12.6. The first-order valence-electron chi connectivity index (χ1n) is 10.3. The number of oxazole rings is 1. The number of rotatable bonds is 5. The fraction of sp³-hybridized carbons (Fsp3) is 0.0769. The van der Waals surface area contributed by atoms with Crippen molar-refractivity contribution >= 4 is 38.6 Å². The molecule has 0 bridgehead atoms. The summed E-state index contributed by atoms with van der Waals surface area (Å²) in [7, 11) is 0. The third kappa shape index (κ3) is 4.09. The molecule has 3 aromatic carbocycles. The number of anilines is 1. The topological polar surface area (TPSA) is 68.3 Å². The molecule has 158 valence electrons. The lowest BCUT2D eigenvalue weighted by Crippen LogP contribution is -2.10. The molecule has 0 aliphatic rings. The molecule has 0 aliphatic heterocycles. The molecule has 0 fully saturated rings. The van der Waals surface area contributed by atoms with Gasteiger partial charge in [-0.1, -0.05) is 41.1 Å². The Hall–Kier alpha value is -3.64. The summed E-state index contributed by atoms with van der Waals surface area (Å²) in [5.41, 5.74) is 5.22. The number of nitrogens with one attached hydrogen (secondary N) is 1. The van der Waals surface area contributed by atoms with Crippen molar-refractivity contribution in [3.8, 4) is 22.8 Å². The van der Waals surface area contributed by atoms with Crippen LogP contribution in [0.15, 0.2) is 92.2 Å². The van der Waals surface area contributed by atoms with Gasteiger partial charge in [-0.15, -0.1) is 0 Å². The zero-order valence-corrected chi connectivity index (χ0v) is 18.8. The molecule has 6 heteroatoms. The third-order valence-corrected chi connectivity index (χ3v) is 5.74. The quantitative estimate of drug-likeness (QED) is 0.282. The zero-order chi connectivity index (χ0) is 22.1. The van der Waals surface area contributed by atoms with Crippen molar-refractivity contribution in [3.63, 3.8) is 0 Å². The Balaban J connectivity index is 1.30. The Bertz CT molecular complexity index is 1400. The summed E-state index contributed by atoms with van der Waals surface area (Å²) in [6, 6.07) is 24.6. The van der Waals surface area contributed by atoms with E-state index in [1.165, 1.54) is 5.56 Å². The van der Waals surface area contributed by atoms with Crippen LogP contribution < -0.4 is 5.32 Å². The smallest absolute Gasteiger partial charge is 0.291 e. The number of hydrogen-bond acceptors (Lipinski definition) is 4. The highest BCUT2D eigenvalue weighted by Crippen LogP contribution is 2.27. The van der Waals surface area contributed by atoms with E-state index in [-0.39, 0.29) is 11.7 Å². The summed E-state index contributed by atoms with van der Waals surface area (Å²) in [4.78, 5) is 17.2. The molecule has 0 aliphatic carbocycles. The van der Waals surface area contributed by atoms with E-state index in [2.05, 4.69) is 33.2 Å². The Labute approximate surface area is 193 Å². The van der Waals surface area contributed by atoms with Crippen LogP contribution in [0.25, 0.3) is 33.9 Å². The number of benzene rings is 3. The average Bonchev–Trinajstić information content (AvgIpc) is 3.47. The summed E-state index contributed by atoms with van der Waals surface area (Å²) in [5.74, 6) is 1.13. The molecule has 0 atom stereocenters. The van der Waals surface area contributed by atoms with Crippen molar-refractivity contribution in [3.05, 3.63) is 94.7 Å². The van der Waals surface area contributed by atoms with Crippen molar-refractivity contribution < 1.29 is 13.6 Å². The summed E-state index contributed by atoms with van der Waals surface area (Å²) in [6.07, 6.45) is 0.951. The van der Waals surface area contributed by atoms with Crippen LogP contribution in [-0.2, 0) is 6.42 Å². The lowest BCUT2D eigenvalue weighted by atomic mass is 10.1. The predicted molar refractivity (Wildman–Crippen MR) is 129 cm³/mol. The predicted octanol–water partition coefficient (Wildman–Crippen LogP) is 7.33. The molecule has 5 aromatic rings. The van der Waals surface area contributed by atoms with Crippen LogP contribution in [0.2, 0.25) is 0 Å². The first-order chi connectivity index (χ1) is 15.6. The third-order valence-electron chi connectivity index (χ3n) is 5.21. The van der Waals surface area contributed by atoms with Crippen LogP contribution in [0.1, 0.15) is 23.0 Å². The molecule has 0 unspecified atom stereocenters. The van der Waals surface area contributed by atoms with E-state index in [1.54, 1.807) is 12.1 Å². The second-order valence-corrected chi connectivity index (χ2v) is 8.29. The number of halogens is 1. The van der Waals surface area contributed by atoms with Crippen LogP contribution in [-0.4, -0.2) is 10.9 Å². The van der Waals surface area contributed by atoms with Gasteiger partial charge in [-0.25, -0.2) is 4.98 Å². The fourth-order valence-electron chi connectivity index (χ4n) is 3.43. The maximum absolute atomic E-state index is 12.6. The van der Waals surface area contributed by atoms with Crippen LogP contribution in [0.5, 0.6) is 0 Å². The number of hydrogen-bond donors (Lipinski definition) is 1. The molecule has 5 nitrogen and oxygen atoms in total. The Morgan fingerprint density at radius 1 is 0.906 bits per heavy atom. The number of aromatic nitrogens is 1. The van der Waals surface area contributed by atoms with E-state index in [0.717, 1.165) is 33.1 Å². The number of fused-ring (bicyclic) bond motifs is 1. The molecule has 0 saturated carbocycles. The highest BCUT2D eigenvalue weighted by atomic mass is 79.9. The average molecular weight is 487 g/mol. The van der Waals surface area contributed by atoms with E-state index >= 15 is 0 Å². The van der Waals surface area contributed by atoms with Crippen molar-refractivity contribution in [1.29, 1.82) is 0 Å². The molecule has 0 saturated heterocycles. The van der Waals surface area contributed by atoms with Crippen LogP contribution in [0.3, 0.4) is 0 Å². The number of carbonyl (C=O) groups excluding carboxylic acids is 1. The fourth-order valence-corrected chi connectivity index (χ4v) is 3.70. The Kier molecular flexibility index (Phi) is 5.37. The lowest BCUT2D eigenvalue weighted by molar-refractivity contribution is 0.0997. The van der Waals surface area contributed by atoms with Crippen LogP contribution >= 0.6 is 15.9 Å². The van der Waals surface area contributed by atoms with E-state index in [9.17, 15) is 4.79 Å². The highest BCUT2D eigenvalue weighted by molar-refractivity contribution is 9.10. The van der Waals surface area contributed by atoms with Crippen molar-refractivity contribution in [1.82, 2.24) is 4.98 Å². The van der Waals surface area contributed by atoms with Crippen LogP contribution in [0.4, 0.5) is 5.69 Å². The van der Waals surface area contributed by atoms with Gasteiger partial charge in [0, 0.05) is 21.3 Å². The van der Waals surface area contributed by atoms with Gasteiger partial charge in [0.05, 0.1) is 0 Å². The van der Waals surface area contributed by atoms with Crippen molar-refractivity contribution in [2.24, 2.45) is 0 Å². The monoisotopic (exact) mass is 486 g/mol. The largest absolute Gasteiger partial charge is 0.451 e. The molecule has 2 aromatic heterocycles. The molecule has 32 heavy (non-hydrogen) atoms. The highest BCUT2D eigenvalue weighted by Gasteiger charge is 2.14. The van der Waals surface area contributed by atoms with Gasteiger partial charge in [-0.05, 0) is 72.6 Å². The number of carbonyl (C=O) groups is 1. The van der Waals surface area contributed by atoms with Gasteiger partial charge in [0.1, 0.15) is 11.3 Å². The first kappa shape index (κ1) is 20.3. The molecule has 1 N–H and O–H groups in total. The maximum Gasteiger partial charge on any atom is 0.291 e. The normalized spacial score (nSPS) is 11.1. The number of furan rings is 1. The van der Waals surface area contributed by atoms with E-state index in [1.807, 2.05) is 66.7 Å².